The minimum absolute atomic E-state index is 0.0172. The van der Waals surface area contributed by atoms with Gasteiger partial charge in [-0.3, -0.25) is 5.41 Å². The molecular weight excluding hydrogens is 278 g/mol. The van der Waals surface area contributed by atoms with Gasteiger partial charge in [-0.15, -0.1) is 0 Å². The molecule has 2 aromatic rings. The van der Waals surface area contributed by atoms with Gasteiger partial charge in [0.15, 0.2) is 0 Å². The second kappa shape index (κ2) is 7.19. The highest BCUT2D eigenvalue weighted by Gasteiger charge is 2.08. The number of benzene rings is 2. The summed E-state index contributed by atoms with van der Waals surface area (Å²) < 4.78 is 5.29. The fourth-order valence-electron chi connectivity index (χ4n) is 1.78. The molecule has 112 valence electrons. The number of carbonyl (C=O) groups is 1. The van der Waals surface area contributed by atoms with Crippen molar-refractivity contribution < 1.29 is 9.53 Å². The maximum atomic E-state index is 12.0. The van der Waals surface area contributed by atoms with E-state index in [2.05, 4.69) is 0 Å². The lowest BCUT2D eigenvalue weighted by atomic mass is 10.1. The van der Waals surface area contributed by atoms with Crippen LogP contribution < -0.4 is 16.2 Å². The molecule has 0 aromatic heterocycles. The Bertz CT molecular complexity index is 689. The molecule has 5 heteroatoms. The molecule has 0 saturated carbocycles. The van der Waals surface area contributed by atoms with Crippen molar-refractivity contribution in [3.05, 3.63) is 71.3 Å². The zero-order valence-corrected chi connectivity index (χ0v) is 12.0. The van der Waals surface area contributed by atoms with Gasteiger partial charge < -0.3 is 16.2 Å². The summed E-state index contributed by atoms with van der Waals surface area (Å²) in [6.45, 7) is 0.435. The van der Waals surface area contributed by atoms with Crippen LogP contribution in [0.3, 0.4) is 0 Å². The van der Waals surface area contributed by atoms with Gasteiger partial charge in [-0.1, -0.05) is 30.3 Å². The molecule has 0 aliphatic carbocycles. The van der Waals surface area contributed by atoms with E-state index in [1.807, 2.05) is 0 Å². The summed E-state index contributed by atoms with van der Waals surface area (Å²) in [5, 5.41) is 7.12. The van der Waals surface area contributed by atoms with Gasteiger partial charge in [-0.2, -0.15) is 0 Å². The van der Waals surface area contributed by atoms with Crippen molar-refractivity contribution in [1.82, 2.24) is 0 Å². The number of hydrogen-bond donors (Lipinski definition) is 3. The van der Waals surface area contributed by atoms with Gasteiger partial charge in [-0.05, 0) is 41.5 Å². The molecule has 2 rings (SSSR count). The number of carbonyl (C=O) groups excluding carboxylic acids is 1. The smallest absolute Gasteiger partial charge is 0.343 e. The van der Waals surface area contributed by atoms with E-state index >= 15 is 0 Å². The molecule has 0 spiro atoms. The van der Waals surface area contributed by atoms with Crippen molar-refractivity contribution in [2.75, 3.05) is 0 Å². The quantitative estimate of drug-likeness (QED) is 0.341. The van der Waals surface area contributed by atoms with E-state index < -0.39 is 5.97 Å². The van der Waals surface area contributed by atoms with Crippen LogP contribution in [0.2, 0.25) is 0 Å². The van der Waals surface area contributed by atoms with Crippen LogP contribution in [0.25, 0.3) is 6.08 Å². The summed E-state index contributed by atoms with van der Waals surface area (Å²) >= 11 is 0. The highest BCUT2D eigenvalue weighted by atomic mass is 16.5. The maximum Gasteiger partial charge on any atom is 0.343 e. The van der Waals surface area contributed by atoms with Crippen molar-refractivity contribution in [1.29, 1.82) is 5.41 Å². The number of rotatable bonds is 5. The van der Waals surface area contributed by atoms with Crippen molar-refractivity contribution in [3.63, 3.8) is 0 Å². The van der Waals surface area contributed by atoms with Gasteiger partial charge in [0.25, 0.3) is 0 Å². The van der Waals surface area contributed by atoms with Crippen LogP contribution in [0.15, 0.2) is 54.6 Å². The van der Waals surface area contributed by atoms with Crippen molar-refractivity contribution in [2.24, 2.45) is 11.5 Å². The van der Waals surface area contributed by atoms with Gasteiger partial charge >= 0.3 is 5.97 Å². The number of amidine groups is 1. The van der Waals surface area contributed by atoms with Crippen LogP contribution in [-0.2, 0) is 6.54 Å². The van der Waals surface area contributed by atoms with Crippen molar-refractivity contribution >= 4 is 17.9 Å². The fraction of sp³-hybridized carbons (Fsp3) is 0.0588. The SMILES string of the molecule is N=C(N)/C=C/c1ccc(OC(=O)c2ccc(CN)cc2)cc1. The highest BCUT2D eigenvalue weighted by Crippen LogP contribution is 2.15. The summed E-state index contributed by atoms with van der Waals surface area (Å²) in [5.41, 5.74) is 13.0. The first-order valence-corrected chi connectivity index (χ1v) is 6.72. The average molecular weight is 295 g/mol. The molecule has 22 heavy (non-hydrogen) atoms. The Morgan fingerprint density at radius 2 is 1.73 bits per heavy atom. The molecule has 0 aliphatic rings. The van der Waals surface area contributed by atoms with Gasteiger partial charge in [0.05, 0.1) is 5.56 Å². The first-order valence-electron chi connectivity index (χ1n) is 6.72. The zero-order valence-electron chi connectivity index (χ0n) is 12.0. The Hall–Kier alpha value is -2.92. The molecule has 0 unspecified atom stereocenters. The Balaban J connectivity index is 2.03. The molecule has 0 aliphatic heterocycles. The van der Waals surface area contributed by atoms with Crippen LogP contribution in [0, 0.1) is 5.41 Å². The van der Waals surface area contributed by atoms with E-state index in [0.29, 0.717) is 17.9 Å². The molecule has 0 radical (unpaired) electrons. The second-order valence-electron chi connectivity index (χ2n) is 4.65. The standard InChI is InChI=1S/C17H17N3O2/c18-11-13-1-6-14(7-2-13)17(21)22-15-8-3-12(4-9-15)5-10-16(19)20/h1-10H,11,18H2,(H3,19,20)/b10-5+. The lowest BCUT2D eigenvalue weighted by Crippen LogP contribution is -2.08. The first-order chi connectivity index (χ1) is 10.6. The normalized spacial score (nSPS) is 10.6. The van der Waals surface area contributed by atoms with Crippen molar-refractivity contribution in [2.45, 2.75) is 6.54 Å². The van der Waals surface area contributed by atoms with Gasteiger partial charge in [0.1, 0.15) is 11.6 Å². The van der Waals surface area contributed by atoms with E-state index in [4.69, 9.17) is 21.6 Å². The number of ether oxygens (including phenoxy) is 1. The van der Waals surface area contributed by atoms with E-state index in [1.165, 1.54) is 6.08 Å². The Kier molecular flexibility index (Phi) is 5.06. The van der Waals surface area contributed by atoms with Crippen LogP contribution in [0.5, 0.6) is 5.75 Å². The van der Waals surface area contributed by atoms with E-state index in [9.17, 15) is 4.79 Å². The average Bonchev–Trinajstić information content (AvgIpc) is 2.54. The lowest BCUT2D eigenvalue weighted by molar-refractivity contribution is 0.0735. The van der Waals surface area contributed by atoms with Crippen LogP contribution in [0.4, 0.5) is 0 Å². The largest absolute Gasteiger partial charge is 0.423 e. The maximum absolute atomic E-state index is 12.0. The lowest BCUT2D eigenvalue weighted by Gasteiger charge is -2.05. The molecule has 0 amide bonds. The molecular formula is C17H17N3O2. The number of esters is 1. The molecule has 0 fully saturated rings. The molecule has 0 heterocycles. The van der Waals surface area contributed by atoms with E-state index in [-0.39, 0.29) is 5.84 Å². The van der Waals surface area contributed by atoms with Crippen LogP contribution in [0.1, 0.15) is 21.5 Å². The number of nitrogens with two attached hydrogens (primary N) is 2. The molecule has 2 aromatic carbocycles. The Labute approximate surface area is 128 Å². The summed E-state index contributed by atoms with van der Waals surface area (Å²) in [6, 6.07) is 13.9. The zero-order chi connectivity index (χ0) is 15.9. The third-order valence-electron chi connectivity index (χ3n) is 2.97. The monoisotopic (exact) mass is 295 g/mol. The van der Waals surface area contributed by atoms with Crippen LogP contribution in [-0.4, -0.2) is 11.8 Å². The first kappa shape index (κ1) is 15.5. The summed E-state index contributed by atoms with van der Waals surface area (Å²) in [7, 11) is 0. The fourth-order valence-corrected chi connectivity index (χ4v) is 1.78. The summed E-state index contributed by atoms with van der Waals surface area (Å²) in [4.78, 5) is 12.0. The Morgan fingerprint density at radius 3 is 2.27 bits per heavy atom. The predicted octanol–water partition coefficient (Wildman–Crippen LogP) is 2.31. The second-order valence-corrected chi connectivity index (χ2v) is 4.65. The van der Waals surface area contributed by atoms with Gasteiger partial charge in [0, 0.05) is 6.54 Å². The Morgan fingerprint density at radius 1 is 1.09 bits per heavy atom. The van der Waals surface area contributed by atoms with Gasteiger partial charge in [0.2, 0.25) is 0 Å². The minimum Gasteiger partial charge on any atom is -0.423 e. The topological polar surface area (TPSA) is 102 Å². The van der Waals surface area contributed by atoms with Crippen LogP contribution >= 0.6 is 0 Å². The highest BCUT2D eigenvalue weighted by molar-refractivity contribution is 5.92. The predicted molar refractivity (Wildman–Crippen MR) is 86.7 cm³/mol. The van der Waals surface area contributed by atoms with Gasteiger partial charge in [-0.25, -0.2) is 4.79 Å². The third kappa shape index (κ3) is 4.29. The third-order valence-corrected chi connectivity index (χ3v) is 2.97. The summed E-state index contributed by atoms with van der Waals surface area (Å²) in [6.07, 6.45) is 3.19. The molecule has 5 nitrogen and oxygen atoms in total. The number of hydrogen-bond acceptors (Lipinski definition) is 4. The van der Waals surface area contributed by atoms with E-state index in [1.54, 1.807) is 54.6 Å². The number of nitrogens with one attached hydrogen (secondary N) is 1. The molecule has 0 bridgehead atoms. The minimum atomic E-state index is -0.421. The van der Waals surface area contributed by atoms with Crippen molar-refractivity contribution in [3.8, 4) is 5.75 Å². The molecule has 5 N–H and O–H groups in total. The summed E-state index contributed by atoms with van der Waals surface area (Å²) in [5.74, 6) is 0.0138. The molecule has 0 saturated heterocycles. The molecule has 0 atom stereocenters. The van der Waals surface area contributed by atoms with E-state index in [0.717, 1.165) is 11.1 Å².